The van der Waals surface area contributed by atoms with Crippen LogP contribution < -0.4 is 0 Å². The molecular formula is C23H31F3O4. The Labute approximate surface area is 176 Å². The molecule has 1 aliphatic carbocycles. The van der Waals surface area contributed by atoms with Gasteiger partial charge in [-0.3, -0.25) is 9.59 Å². The molecular weight excluding hydrogens is 397 g/mol. The van der Waals surface area contributed by atoms with E-state index in [0.29, 0.717) is 6.42 Å². The number of hydrogen-bond acceptors (Lipinski definition) is 4. The summed E-state index contributed by atoms with van der Waals surface area (Å²) in [6.45, 7) is 7.00. The van der Waals surface area contributed by atoms with Gasteiger partial charge in [-0.05, 0) is 57.4 Å². The van der Waals surface area contributed by atoms with Crippen molar-refractivity contribution in [3.8, 4) is 0 Å². The molecule has 0 amide bonds. The molecule has 0 spiro atoms. The van der Waals surface area contributed by atoms with Crippen LogP contribution in [0.25, 0.3) is 0 Å². The zero-order valence-electron chi connectivity index (χ0n) is 18.1. The zero-order valence-corrected chi connectivity index (χ0v) is 18.1. The predicted octanol–water partition coefficient (Wildman–Crippen LogP) is 5.84. The molecule has 4 nitrogen and oxygen atoms in total. The third-order valence-electron chi connectivity index (χ3n) is 5.28. The lowest BCUT2D eigenvalue weighted by molar-refractivity contribution is -0.173. The number of carbonyl (C=O) groups excluding carboxylic acids is 2. The van der Waals surface area contributed by atoms with Crippen molar-refractivity contribution < 1.29 is 32.2 Å². The average Bonchev–Trinajstić information content (AvgIpc) is 3.35. The molecule has 2 rings (SSSR count). The maximum Gasteiger partial charge on any atom is 0.389 e. The van der Waals surface area contributed by atoms with E-state index >= 15 is 0 Å². The number of benzene rings is 1. The molecule has 1 aromatic rings. The third-order valence-corrected chi connectivity index (χ3v) is 5.28. The van der Waals surface area contributed by atoms with E-state index in [1.807, 2.05) is 13.0 Å². The van der Waals surface area contributed by atoms with Crippen LogP contribution in [0.2, 0.25) is 0 Å². The van der Waals surface area contributed by atoms with Crippen molar-refractivity contribution in [3.05, 3.63) is 35.9 Å². The third kappa shape index (κ3) is 8.36. The summed E-state index contributed by atoms with van der Waals surface area (Å²) in [5.41, 5.74) is -0.233. The second-order valence-corrected chi connectivity index (χ2v) is 9.51. The van der Waals surface area contributed by atoms with Crippen LogP contribution in [0.4, 0.5) is 13.2 Å². The van der Waals surface area contributed by atoms with E-state index in [9.17, 15) is 22.8 Å². The second kappa shape index (κ2) is 9.40. The van der Waals surface area contributed by atoms with Crippen molar-refractivity contribution in [2.75, 3.05) is 0 Å². The summed E-state index contributed by atoms with van der Waals surface area (Å²) < 4.78 is 49.7. The topological polar surface area (TPSA) is 52.6 Å². The van der Waals surface area contributed by atoms with Gasteiger partial charge in [0.2, 0.25) is 0 Å². The molecule has 0 aliphatic heterocycles. The first kappa shape index (κ1) is 24.2. The van der Waals surface area contributed by atoms with Gasteiger partial charge in [-0.2, -0.15) is 13.2 Å². The summed E-state index contributed by atoms with van der Waals surface area (Å²) in [4.78, 5) is 25.8. The highest BCUT2D eigenvalue weighted by Crippen LogP contribution is 2.52. The fourth-order valence-corrected chi connectivity index (χ4v) is 3.35. The number of hydrogen-bond donors (Lipinski definition) is 0. The van der Waals surface area contributed by atoms with E-state index in [1.54, 1.807) is 45.0 Å². The number of alkyl halides is 3. The highest BCUT2D eigenvalue weighted by atomic mass is 19.4. The number of rotatable bonds is 9. The van der Waals surface area contributed by atoms with E-state index in [4.69, 9.17) is 9.47 Å². The van der Waals surface area contributed by atoms with Gasteiger partial charge in [0.1, 0.15) is 12.2 Å². The Kier molecular flexibility index (Phi) is 7.59. The van der Waals surface area contributed by atoms with Crippen molar-refractivity contribution in [1.82, 2.24) is 0 Å². The van der Waals surface area contributed by atoms with Crippen LogP contribution in [0.1, 0.15) is 65.4 Å². The molecule has 0 bridgehead atoms. The number of esters is 2. The SMILES string of the molecule is CC1(C[C@H](C(=O)OC(C)(C)C)[C@@H](CCC(F)(F)F)C(=O)OCc2ccccc2)CC1. The van der Waals surface area contributed by atoms with Crippen LogP contribution >= 0.6 is 0 Å². The fraction of sp³-hybridized carbons (Fsp3) is 0.652. The molecule has 30 heavy (non-hydrogen) atoms. The minimum Gasteiger partial charge on any atom is -0.461 e. The van der Waals surface area contributed by atoms with Crippen molar-refractivity contribution in [3.63, 3.8) is 0 Å². The van der Waals surface area contributed by atoms with Crippen LogP contribution in [-0.2, 0) is 25.7 Å². The first-order valence-corrected chi connectivity index (χ1v) is 10.3. The Hall–Kier alpha value is -2.05. The summed E-state index contributed by atoms with van der Waals surface area (Å²) in [6, 6.07) is 8.89. The summed E-state index contributed by atoms with van der Waals surface area (Å²) in [6.07, 6.45) is -4.04. The van der Waals surface area contributed by atoms with Gasteiger partial charge in [-0.1, -0.05) is 37.3 Å². The maximum atomic E-state index is 12.9. The van der Waals surface area contributed by atoms with E-state index in [0.717, 1.165) is 18.4 Å². The zero-order chi connectivity index (χ0) is 22.6. The molecule has 2 atom stereocenters. The Morgan fingerprint density at radius 3 is 2.13 bits per heavy atom. The Bertz CT molecular complexity index is 718. The molecule has 1 aliphatic rings. The largest absolute Gasteiger partial charge is 0.461 e. The molecule has 1 aromatic carbocycles. The van der Waals surface area contributed by atoms with Crippen LogP contribution in [0, 0.1) is 17.3 Å². The number of halogens is 3. The van der Waals surface area contributed by atoms with Crippen LogP contribution in [0.3, 0.4) is 0 Å². The number of carbonyl (C=O) groups is 2. The van der Waals surface area contributed by atoms with Gasteiger partial charge in [0.25, 0.3) is 0 Å². The minimum atomic E-state index is -4.43. The van der Waals surface area contributed by atoms with Crippen LogP contribution in [0.15, 0.2) is 30.3 Å². The second-order valence-electron chi connectivity index (χ2n) is 9.51. The molecule has 0 heterocycles. The monoisotopic (exact) mass is 428 g/mol. The van der Waals surface area contributed by atoms with Crippen molar-refractivity contribution in [2.24, 2.45) is 17.3 Å². The Morgan fingerprint density at radius 1 is 1.03 bits per heavy atom. The minimum absolute atomic E-state index is 0.0551. The highest BCUT2D eigenvalue weighted by Gasteiger charge is 2.47. The Balaban J connectivity index is 2.21. The summed E-state index contributed by atoms with van der Waals surface area (Å²) in [5, 5.41) is 0. The molecule has 1 saturated carbocycles. The van der Waals surface area contributed by atoms with E-state index < -0.39 is 48.4 Å². The van der Waals surface area contributed by atoms with Crippen molar-refractivity contribution in [2.45, 2.75) is 78.2 Å². The summed E-state index contributed by atoms with van der Waals surface area (Å²) in [7, 11) is 0. The van der Waals surface area contributed by atoms with Crippen molar-refractivity contribution in [1.29, 1.82) is 0 Å². The average molecular weight is 428 g/mol. The molecule has 1 fully saturated rings. The lowest BCUT2D eigenvalue weighted by Crippen LogP contribution is -2.38. The van der Waals surface area contributed by atoms with Gasteiger partial charge < -0.3 is 9.47 Å². The Morgan fingerprint density at radius 2 is 1.63 bits per heavy atom. The molecule has 0 aromatic heterocycles. The van der Waals surface area contributed by atoms with Crippen LogP contribution in [0.5, 0.6) is 0 Å². The molecule has 0 saturated heterocycles. The van der Waals surface area contributed by atoms with Gasteiger partial charge in [0, 0.05) is 6.42 Å². The van der Waals surface area contributed by atoms with E-state index in [2.05, 4.69) is 0 Å². The molecule has 7 heteroatoms. The number of ether oxygens (including phenoxy) is 2. The molecule has 168 valence electrons. The molecule has 0 radical (unpaired) electrons. The van der Waals surface area contributed by atoms with Gasteiger partial charge in [0.05, 0.1) is 11.8 Å². The lowest BCUT2D eigenvalue weighted by atomic mass is 9.80. The van der Waals surface area contributed by atoms with E-state index in [1.165, 1.54) is 0 Å². The van der Waals surface area contributed by atoms with Crippen LogP contribution in [-0.4, -0.2) is 23.7 Å². The fourth-order valence-electron chi connectivity index (χ4n) is 3.35. The van der Waals surface area contributed by atoms with E-state index in [-0.39, 0.29) is 12.0 Å². The molecule has 0 unspecified atom stereocenters. The van der Waals surface area contributed by atoms with Gasteiger partial charge >= 0.3 is 18.1 Å². The highest BCUT2D eigenvalue weighted by molar-refractivity contribution is 5.82. The van der Waals surface area contributed by atoms with Gasteiger partial charge in [0.15, 0.2) is 0 Å². The quantitative estimate of drug-likeness (QED) is 0.464. The van der Waals surface area contributed by atoms with Crippen molar-refractivity contribution >= 4 is 11.9 Å². The van der Waals surface area contributed by atoms with Gasteiger partial charge in [-0.15, -0.1) is 0 Å². The van der Waals surface area contributed by atoms with Gasteiger partial charge in [-0.25, -0.2) is 0 Å². The molecule has 0 N–H and O–H groups in total. The maximum absolute atomic E-state index is 12.9. The summed E-state index contributed by atoms with van der Waals surface area (Å²) in [5.74, 6) is -3.60. The lowest BCUT2D eigenvalue weighted by Gasteiger charge is -2.30. The normalized spacial score (nSPS) is 17.7. The standard InChI is InChI=1S/C23H31F3O4/c1-21(2,3)30-20(28)18(14-22(4)12-13-22)17(10-11-23(24,25)26)19(27)29-15-16-8-6-5-7-9-16/h5-9,17-18H,10-15H2,1-4H3/t17-,18+/m1/s1. The summed E-state index contributed by atoms with van der Waals surface area (Å²) >= 11 is 0. The first-order valence-electron chi connectivity index (χ1n) is 10.3. The first-order chi connectivity index (χ1) is 13.8. The smallest absolute Gasteiger partial charge is 0.389 e. The predicted molar refractivity (Wildman–Crippen MR) is 106 cm³/mol.